The maximum atomic E-state index is 11.1. The molecule has 1 aromatic carbocycles. The molecule has 5 heteroatoms. The average Bonchev–Trinajstić information content (AvgIpc) is 2.25. The predicted octanol–water partition coefficient (Wildman–Crippen LogP) is 3.00. The Morgan fingerprint density at radius 1 is 1.53 bits per heavy atom. The van der Waals surface area contributed by atoms with Crippen LogP contribution in [0.2, 0.25) is 0 Å². The molecule has 0 aliphatic rings. The zero-order valence-corrected chi connectivity index (χ0v) is 10.7. The maximum absolute atomic E-state index is 11.1. The summed E-state index contributed by atoms with van der Waals surface area (Å²) in [5.41, 5.74) is 8.32. The van der Waals surface area contributed by atoms with Gasteiger partial charge < -0.3 is 11.1 Å². The van der Waals surface area contributed by atoms with Crippen LogP contribution in [0.1, 0.15) is 31.4 Å². The van der Waals surface area contributed by atoms with Crippen molar-refractivity contribution in [2.75, 3.05) is 11.1 Å². The Balaban J connectivity index is 3.36. The number of nitrogens with one attached hydrogen (secondary N) is 1. The molecule has 1 aromatic rings. The molecule has 94 valence electrons. The first-order chi connectivity index (χ1) is 7.88. The highest BCUT2D eigenvalue weighted by molar-refractivity contribution is 5.80. The van der Waals surface area contributed by atoms with Crippen LogP contribution in [0.4, 0.5) is 17.1 Å². The lowest BCUT2D eigenvalue weighted by Gasteiger charge is -2.17. The van der Waals surface area contributed by atoms with Gasteiger partial charge in [-0.25, -0.2) is 0 Å². The lowest BCUT2D eigenvalue weighted by molar-refractivity contribution is -0.384. The van der Waals surface area contributed by atoms with Crippen LogP contribution in [-0.2, 0) is 0 Å². The molecule has 0 amide bonds. The number of rotatable bonds is 4. The minimum atomic E-state index is -0.372. The maximum Gasteiger partial charge on any atom is 0.297 e. The van der Waals surface area contributed by atoms with Crippen molar-refractivity contribution in [1.82, 2.24) is 0 Å². The van der Waals surface area contributed by atoms with Crippen LogP contribution in [0.25, 0.3) is 0 Å². The van der Waals surface area contributed by atoms with Crippen molar-refractivity contribution in [3.63, 3.8) is 0 Å². The van der Waals surface area contributed by atoms with E-state index in [2.05, 4.69) is 5.32 Å². The van der Waals surface area contributed by atoms with Crippen LogP contribution in [0, 0.1) is 24.0 Å². The fourth-order valence-electron chi connectivity index (χ4n) is 1.65. The van der Waals surface area contributed by atoms with Crippen LogP contribution < -0.4 is 11.1 Å². The van der Waals surface area contributed by atoms with Gasteiger partial charge in [-0.1, -0.05) is 6.92 Å². The number of nitro benzene ring substituents is 1. The fourth-order valence-corrected chi connectivity index (χ4v) is 1.65. The number of nitrogens with zero attached hydrogens (tertiary/aromatic N) is 1. The summed E-state index contributed by atoms with van der Waals surface area (Å²) in [7, 11) is 0. The summed E-state index contributed by atoms with van der Waals surface area (Å²) in [4.78, 5) is 10.8. The summed E-state index contributed by atoms with van der Waals surface area (Å²) in [6.07, 6.45) is 0.878. The van der Waals surface area contributed by atoms with E-state index >= 15 is 0 Å². The minimum Gasteiger partial charge on any atom is -0.397 e. The smallest absolute Gasteiger partial charge is 0.297 e. The number of benzene rings is 1. The van der Waals surface area contributed by atoms with Gasteiger partial charge in [-0.3, -0.25) is 10.1 Å². The molecule has 0 aliphatic carbocycles. The molecule has 0 radical (unpaired) electrons. The molecule has 0 spiro atoms. The van der Waals surface area contributed by atoms with Gasteiger partial charge in [-0.15, -0.1) is 0 Å². The molecule has 17 heavy (non-hydrogen) atoms. The van der Waals surface area contributed by atoms with Crippen molar-refractivity contribution < 1.29 is 4.92 Å². The molecule has 0 bridgehead atoms. The number of anilines is 2. The largest absolute Gasteiger partial charge is 0.397 e. The third-order valence-electron chi connectivity index (χ3n) is 3.03. The first kappa shape index (κ1) is 13.3. The Morgan fingerprint density at radius 3 is 2.59 bits per heavy atom. The van der Waals surface area contributed by atoms with Crippen LogP contribution in [-0.4, -0.2) is 11.0 Å². The molecular formula is C12H19N3O2. The number of aryl methyl sites for hydroxylation is 1. The molecule has 0 saturated carbocycles. The standard InChI is InChI=1S/C12H19N3O2/c1-5-8(3)14-11-10(13)6-7(2)9(4)12(11)15(16)17/h6,8,14H,5,13H2,1-4H3. The number of hydrogen-bond donors (Lipinski definition) is 2. The minimum absolute atomic E-state index is 0.0859. The molecule has 0 aromatic heterocycles. The van der Waals surface area contributed by atoms with Gasteiger partial charge in [0.05, 0.1) is 10.6 Å². The molecule has 1 atom stereocenters. The summed E-state index contributed by atoms with van der Waals surface area (Å²) < 4.78 is 0. The third-order valence-corrected chi connectivity index (χ3v) is 3.03. The Bertz CT molecular complexity index is 444. The van der Waals surface area contributed by atoms with E-state index in [4.69, 9.17) is 5.73 Å². The molecular weight excluding hydrogens is 218 g/mol. The zero-order valence-electron chi connectivity index (χ0n) is 10.7. The fraction of sp³-hybridized carbons (Fsp3) is 0.500. The van der Waals surface area contributed by atoms with Crippen molar-refractivity contribution in [3.05, 3.63) is 27.3 Å². The second-order valence-electron chi connectivity index (χ2n) is 4.34. The summed E-state index contributed by atoms with van der Waals surface area (Å²) in [6, 6.07) is 1.92. The second kappa shape index (κ2) is 5.03. The van der Waals surface area contributed by atoms with E-state index in [-0.39, 0.29) is 16.7 Å². The summed E-state index contributed by atoms with van der Waals surface area (Å²) in [6.45, 7) is 7.56. The van der Waals surface area contributed by atoms with Crippen LogP contribution in [0.3, 0.4) is 0 Å². The average molecular weight is 237 g/mol. The molecule has 1 unspecified atom stereocenters. The van der Waals surface area contributed by atoms with Gasteiger partial charge in [-0.2, -0.15) is 0 Å². The van der Waals surface area contributed by atoms with Gasteiger partial charge in [0.2, 0.25) is 0 Å². The van der Waals surface area contributed by atoms with Crippen LogP contribution in [0.5, 0.6) is 0 Å². The van der Waals surface area contributed by atoms with Crippen LogP contribution in [0.15, 0.2) is 6.07 Å². The Hall–Kier alpha value is -1.78. The normalized spacial score (nSPS) is 12.2. The number of nitro groups is 1. The SMILES string of the molecule is CCC(C)Nc1c(N)cc(C)c(C)c1[N+](=O)[O-]. The van der Waals surface area contributed by atoms with Gasteiger partial charge in [0.1, 0.15) is 5.69 Å². The van der Waals surface area contributed by atoms with Gasteiger partial charge in [-0.05, 0) is 38.8 Å². The zero-order chi connectivity index (χ0) is 13.2. The molecule has 1 rings (SSSR count). The van der Waals surface area contributed by atoms with E-state index in [1.165, 1.54) is 0 Å². The first-order valence-corrected chi connectivity index (χ1v) is 5.69. The first-order valence-electron chi connectivity index (χ1n) is 5.69. The summed E-state index contributed by atoms with van der Waals surface area (Å²) >= 11 is 0. The van der Waals surface area contributed by atoms with Gasteiger partial charge in [0, 0.05) is 11.6 Å². The van der Waals surface area contributed by atoms with Crippen LogP contribution >= 0.6 is 0 Å². The highest BCUT2D eigenvalue weighted by Crippen LogP contribution is 2.36. The third kappa shape index (κ3) is 2.67. The molecule has 0 fully saturated rings. The lowest BCUT2D eigenvalue weighted by Crippen LogP contribution is -2.16. The van der Waals surface area contributed by atoms with Gasteiger partial charge in [0.25, 0.3) is 5.69 Å². The molecule has 0 aliphatic heterocycles. The molecule has 3 N–H and O–H groups in total. The van der Waals surface area contributed by atoms with E-state index in [1.807, 2.05) is 20.8 Å². The summed E-state index contributed by atoms with van der Waals surface area (Å²) in [5.74, 6) is 0. The Labute approximate surface area is 101 Å². The number of hydrogen-bond acceptors (Lipinski definition) is 4. The van der Waals surface area contributed by atoms with E-state index in [0.29, 0.717) is 16.9 Å². The Morgan fingerprint density at radius 2 is 2.12 bits per heavy atom. The molecule has 0 saturated heterocycles. The van der Waals surface area contributed by atoms with Crippen molar-refractivity contribution in [2.24, 2.45) is 0 Å². The van der Waals surface area contributed by atoms with Gasteiger partial charge >= 0.3 is 0 Å². The van der Waals surface area contributed by atoms with E-state index in [1.54, 1.807) is 13.0 Å². The summed E-state index contributed by atoms with van der Waals surface area (Å²) in [5, 5.41) is 14.2. The number of nitrogens with two attached hydrogens (primary N) is 1. The monoisotopic (exact) mass is 237 g/mol. The predicted molar refractivity (Wildman–Crippen MR) is 70.4 cm³/mol. The van der Waals surface area contributed by atoms with Crippen molar-refractivity contribution >= 4 is 17.1 Å². The highest BCUT2D eigenvalue weighted by atomic mass is 16.6. The topological polar surface area (TPSA) is 81.2 Å². The molecule has 5 nitrogen and oxygen atoms in total. The van der Waals surface area contributed by atoms with Crippen molar-refractivity contribution in [2.45, 2.75) is 40.2 Å². The lowest BCUT2D eigenvalue weighted by atomic mass is 10.0. The van der Waals surface area contributed by atoms with E-state index in [0.717, 1.165) is 12.0 Å². The van der Waals surface area contributed by atoms with Crippen molar-refractivity contribution in [1.29, 1.82) is 0 Å². The highest BCUT2D eigenvalue weighted by Gasteiger charge is 2.22. The Kier molecular flexibility index (Phi) is 3.93. The van der Waals surface area contributed by atoms with Crippen molar-refractivity contribution in [3.8, 4) is 0 Å². The second-order valence-corrected chi connectivity index (χ2v) is 4.34. The molecule has 0 heterocycles. The number of nitrogen functional groups attached to an aromatic ring is 1. The van der Waals surface area contributed by atoms with Gasteiger partial charge in [0.15, 0.2) is 0 Å². The van der Waals surface area contributed by atoms with E-state index in [9.17, 15) is 10.1 Å². The quantitative estimate of drug-likeness (QED) is 0.479. The van der Waals surface area contributed by atoms with E-state index < -0.39 is 0 Å².